The monoisotopic (exact) mass is 1000 g/mol. The SMILES string of the molecule is Cc1ccc(C2=C=C[C-](F)C=C2)nc1.Cc1ccc(C2=C=C[C-](F)C=C2)nc1.FC(F)(F)c1ccc(-c2ccc(C(F)(F)F)cn2)nc1.F[P-](F)(F)(F)(F)F.[Ir+3]. The summed E-state index contributed by atoms with van der Waals surface area (Å²) in [4.78, 5) is 15.5. The number of aryl methyl sites for hydroxylation is 2. The van der Waals surface area contributed by atoms with Gasteiger partial charge in [0, 0.05) is 37.1 Å². The van der Waals surface area contributed by atoms with Crippen molar-refractivity contribution in [1.82, 2.24) is 19.9 Å². The molecule has 0 N–H and O–H groups in total. The van der Waals surface area contributed by atoms with E-state index in [0.717, 1.165) is 57.9 Å². The van der Waals surface area contributed by atoms with Gasteiger partial charge in [0.05, 0.1) is 33.9 Å². The van der Waals surface area contributed by atoms with E-state index in [2.05, 4.69) is 31.4 Å². The first kappa shape index (κ1) is 47.1. The molecule has 0 fully saturated rings. The average Bonchev–Trinajstić information content (AvgIpc) is 3.08. The van der Waals surface area contributed by atoms with Crippen molar-refractivity contribution in [2.24, 2.45) is 0 Å². The molecule has 0 spiro atoms. The van der Waals surface area contributed by atoms with Gasteiger partial charge in [-0.15, -0.1) is 24.3 Å². The minimum Gasteiger partial charge on any atom is 3.00 e. The molecule has 4 heterocycles. The van der Waals surface area contributed by atoms with Crippen LogP contribution < -0.4 is 0 Å². The fourth-order valence-electron chi connectivity index (χ4n) is 3.81. The Balaban J connectivity index is 0.000000270. The summed E-state index contributed by atoms with van der Waals surface area (Å²) in [7, 11) is -10.7. The van der Waals surface area contributed by atoms with Crippen LogP contribution in [0.4, 0.5) is 60.3 Å². The summed E-state index contributed by atoms with van der Waals surface area (Å²) in [5.41, 5.74) is 9.39. The summed E-state index contributed by atoms with van der Waals surface area (Å²) in [6, 6.07) is 11.4. The number of hydrogen-bond donors (Lipinski definition) is 0. The van der Waals surface area contributed by atoms with Gasteiger partial charge < -0.3 is 0 Å². The van der Waals surface area contributed by atoms with Gasteiger partial charge in [-0.1, -0.05) is 23.3 Å². The van der Waals surface area contributed by atoms with Crippen LogP contribution in [0.3, 0.4) is 0 Å². The summed E-state index contributed by atoms with van der Waals surface area (Å²) < 4.78 is 158. The molecular formula is C36H24F14IrN4P. The predicted octanol–water partition coefficient (Wildman–Crippen LogP) is 13.6. The minimum absolute atomic E-state index is 0. The van der Waals surface area contributed by atoms with E-state index in [-0.39, 0.29) is 43.8 Å². The summed E-state index contributed by atoms with van der Waals surface area (Å²) in [6.07, 6.45) is 4.00. The fourth-order valence-corrected chi connectivity index (χ4v) is 3.81. The second-order valence-corrected chi connectivity index (χ2v) is 13.0. The van der Waals surface area contributed by atoms with Crippen LogP contribution in [0.2, 0.25) is 0 Å². The number of alkyl halides is 6. The van der Waals surface area contributed by atoms with Crippen molar-refractivity contribution >= 4 is 19.0 Å². The van der Waals surface area contributed by atoms with Gasteiger partial charge in [0.2, 0.25) is 0 Å². The van der Waals surface area contributed by atoms with Crippen LogP contribution in [-0.2, 0) is 32.5 Å². The molecule has 0 bridgehead atoms. The molecule has 0 radical (unpaired) electrons. The maximum absolute atomic E-state index is 12.6. The van der Waals surface area contributed by atoms with E-state index in [0.29, 0.717) is 12.4 Å². The molecule has 0 atom stereocenters. The van der Waals surface area contributed by atoms with Crippen molar-refractivity contribution in [2.75, 3.05) is 0 Å². The molecular weight excluding hydrogens is 978 g/mol. The van der Waals surface area contributed by atoms with Gasteiger partial charge in [0.25, 0.3) is 0 Å². The van der Waals surface area contributed by atoms with Crippen LogP contribution in [0.15, 0.2) is 121 Å². The zero-order chi connectivity index (χ0) is 41.3. The number of rotatable bonds is 3. The third-order valence-corrected chi connectivity index (χ3v) is 6.37. The third kappa shape index (κ3) is 18.1. The molecule has 0 amide bonds. The van der Waals surface area contributed by atoms with E-state index in [1.807, 2.05) is 38.1 Å². The summed E-state index contributed by atoms with van der Waals surface area (Å²) in [5.74, 6) is 0. The smallest absolute Gasteiger partial charge is 3.00 e. The van der Waals surface area contributed by atoms with E-state index in [1.165, 1.54) is 24.3 Å². The predicted molar refractivity (Wildman–Crippen MR) is 179 cm³/mol. The second kappa shape index (κ2) is 17.8. The molecule has 4 aromatic heterocycles. The standard InChI is InChI=1S/C12H6F6N2.2C12H9FN.F6P.Ir/c13-11(14,15)7-1-3-9(19-5-7)10-4-2-8(6-20-10)12(16,17)18;2*1-9-2-7-12(14-8-9)10-3-5-11(13)6-4-10;1-7(2,3,4,5)6;/h1-6H;2*2-3,5-8H,1H3;;/q;3*-1;+3. The maximum Gasteiger partial charge on any atom is 3.00 e. The second-order valence-electron chi connectivity index (χ2n) is 11.1. The number of hydrogen-bond acceptors (Lipinski definition) is 4. The Morgan fingerprint density at radius 1 is 0.500 bits per heavy atom. The quantitative estimate of drug-likeness (QED) is 0.0888. The van der Waals surface area contributed by atoms with Crippen molar-refractivity contribution in [3.05, 3.63) is 167 Å². The Morgan fingerprint density at radius 2 is 0.804 bits per heavy atom. The van der Waals surface area contributed by atoms with Gasteiger partial charge in [0.15, 0.2) is 0 Å². The molecule has 0 aromatic carbocycles. The van der Waals surface area contributed by atoms with Crippen LogP contribution in [0, 0.1) is 26.2 Å². The van der Waals surface area contributed by atoms with Crippen LogP contribution in [-0.4, -0.2) is 19.9 Å². The zero-order valence-electron chi connectivity index (χ0n) is 28.3. The Morgan fingerprint density at radius 3 is 1.02 bits per heavy atom. The van der Waals surface area contributed by atoms with E-state index < -0.39 is 31.3 Å². The fraction of sp³-hybridized carbons (Fsp3) is 0.111. The van der Waals surface area contributed by atoms with E-state index >= 15 is 0 Å². The first-order valence-electron chi connectivity index (χ1n) is 15.0. The Kier molecular flexibility index (Phi) is 15.0. The molecule has 0 aliphatic heterocycles. The molecule has 2 aliphatic rings. The molecule has 6 rings (SSSR count). The van der Waals surface area contributed by atoms with E-state index in [1.54, 1.807) is 24.5 Å². The van der Waals surface area contributed by atoms with Gasteiger partial charge in [-0.25, -0.2) is 0 Å². The van der Waals surface area contributed by atoms with E-state index in [4.69, 9.17) is 0 Å². The van der Waals surface area contributed by atoms with Crippen molar-refractivity contribution in [3.63, 3.8) is 0 Å². The summed E-state index contributed by atoms with van der Waals surface area (Å²) in [6.45, 7) is 3.95. The van der Waals surface area contributed by atoms with Crippen LogP contribution in [0.25, 0.3) is 22.5 Å². The first-order chi connectivity index (χ1) is 25.1. The maximum atomic E-state index is 12.6. The van der Waals surface area contributed by atoms with Crippen LogP contribution in [0.1, 0.15) is 33.6 Å². The molecule has 0 unspecified atom stereocenters. The van der Waals surface area contributed by atoms with Crippen molar-refractivity contribution in [3.8, 4) is 11.4 Å². The molecule has 56 heavy (non-hydrogen) atoms. The molecule has 0 saturated heterocycles. The normalized spacial score (nSPS) is 14.6. The first-order valence-corrected chi connectivity index (χ1v) is 17.0. The molecule has 300 valence electrons. The third-order valence-electron chi connectivity index (χ3n) is 6.37. The van der Waals surface area contributed by atoms with Gasteiger partial charge in [-0.3, -0.25) is 40.2 Å². The number of allylic oxidation sites excluding steroid dienone is 6. The van der Waals surface area contributed by atoms with Gasteiger partial charge >= 0.3 is 65.4 Å². The van der Waals surface area contributed by atoms with Crippen molar-refractivity contribution < 1.29 is 80.4 Å². The van der Waals surface area contributed by atoms with Crippen molar-refractivity contribution in [1.29, 1.82) is 0 Å². The number of aromatic nitrogens is 4. The van der Waals surface area contributed by atoms with Crippen LogP contribution >= 0.6 is 7.81 Å². The van der Waals surface area contributed by atoms with Crippen molar-refractivity contribution in [2.45, 2.75) is 26.2 Å². The molecule has 0 saturated carbocycles. The van der Waals surface area contributed by atoms with Gasteiger partial charge in [-0.2, -0.15) is 38.5 Å². The molecule has 4 nitrogen and oxygen atoms in total. The topological polar surface area (TPSA) is 51.6 Å². The zero-order valence-corrected chi connectivity index (χ0v) is 31.5. The number of halogens is 14. The average molecular weight is 1000 g/mol. The Hall–Kier alpha value is -5.04. The van der Waals surface area contributed by atoms with Crippen LogP contribution in [0.5, 0.6) is 0 Å². The Labute approximate surface area is 323 Å². The summed E-state index contributed by atoms with van der Waals surface area (Å²) >= 11 is 0. The molecule has 20 heteroatoms. The largest absolute Gasteiger partial charge is 3.00 e. The summed E-state index contributed by atoms with van der Waals surface area (Å²) in [5, 5.41) is 0. The number of nitrogens with zero attached hydrogens (tertiary/aromatic N) is 4. The van der Waals surface area contributed by atoms with Gasteiger partial charge in [-0.05, 0) is 61.4 Å². The van der Waals surface area contributed by atoms with E-state index in [9.17, 15) is 60.3 Å². The number of pyridine rings is 4. The Bertz CT molecular complexity index is 1960. The minimum atomic E-state index is -10.7. The van der Waals surface area contributed by atoms with Gasteiger partial charge in [0.1, 0.15) is 0 Å². The molecule has 4 aromatic rings. The molecule has 2 aliphatic carbocycles.